The van der Waals surface area contributed by atoms with Gasteiger partial charge >= 0.3 is 0 Å². The second-order valence-electron chi connectivity index (χ2n) is 10.8. The van der Waals surface area contributed by atoms with Crippen LogP contribution in [-0.2, 0) is 13.0 Å². The molecule has 0 saturated carbocycles. The maximum absolute atomic E-state index is 13.9. The third kappa shape index (κ3) is 6.31. The van der Waals surface area contributed by atoms with Crippen molar-refractivity contribution >= 4 is 27.7 Å². The number of hydrogen-bond donors (Lipinski definition) is 3. The number of ether oxygens (including phenoxy) is 4. The van der Waals surface area contributed by atoms with E-state index in [1.807, 2.05) is 79.0 Å². The first kappa shape index (κ1) is 30.5. The number of pyridine rings is 1. The fourth-order valence-electron chi connectivity index (χ4n) is 5.59. The number of benzene rings is 4. The van der Waals surface area contributed by atoms with Gasteiger partial charge in [-0.25, -0.2) is 4.98 Å². The molecule has 4 aromatic carbocycles. The SMILES string of the molecule is COc1cc(-c2cc(C(=O)N[C@H](CO)Cc3c[nH]c4ccc(OCc5ccccc5)cc34)c3ccccc3n2)cc(OC)c1OC. The minimum absolute atomic E-state index is 0.245. The lowest BCUT2D eigenvalue weighted by molar-refractivity contribution is 0.0918. The van der Waals surface area contributed by atoms with Crippen molar-refractivity contribution in [1.29, 1.82) is 0 Å². The monoisotopic (exact) mass is 617 g/mol. The number of rotatable bonds is 12. The van der Waals surface area contributed by atoms with E-state index in [9.17, 15) is 9.90 Å². The molecule has 0 bridgehead atoms. The Kier molecular flexibility index (Phi) is 9.03. The predicted octanol–water partition coefficient (Wildman–Crippen LogP) is 6.32. The van der Waals surface area contributed by atoms with Crippen LogP contribution < -0.4 is 24.3 Å². The Morgan fingerprint density at radius 2 is 1.61 bits per heavy atom. The summed E-state index contributed by atoms with van der Waals surface area (Å²) in [6, 6.07) is 28.1. The molecule has 6 aromatic rings. The van der Waals surface area contributed by atoms with Crippen molar-refractivity contribution in [1.82, 2.24) is 15.3 Å². The van der Waals surface area contributed by atoms with Gasteiger partial charge in [0.1, 0.15) is 12.4 Å². The predicted molar refractivity (Wildman–Crippen MR) is 178 cm³/mol. The van der Waals surface area contributed by atoms with Crippen molar-refractivity contribution in [2.45, 2.75) is 19.1 Å². The molecule has 1 atom stereocenters. The van der Waals surface area contributed by atoms with Gasteiger partial charge < -0.3 is 34.4 Å². The topological polar surface area (TPSA) is 115 Å². The van der Waals surface area contributed by atoms with Crippen LogP contribution in [-0.4, -0.2) is 55.0 Å². The Labute approximate surface area is 266 Å². The third-order valence-corrected chi connectivity index (χ3v) is 7.93. The third-order valence-electron chi connectivity index (χ3n) is 7.93. The number of carbonyl (C=O) groups excluding carboxylic acids is 1. The van der Waals surface area contributed by atoms with Crippen molar-refractivity contribution in [3.05, 3.63) is 114 Å². The van der Waals surface area contributed by atoms with Gasteiger partial charge in [0.25, 0.3) is 5.91 Å². The number of methoxy groups -OCH3 is 3. The van der Waals surface area contributed by atoms with Gasteiger partial charge in [0.15, 0.2) is 11.5 Å². The van der Waals surface area contributed by atoms with Crippen LogP contribution in [0.3, 0.4) is 0 Å². The molecule has 2 heterocycles. The molecule has 6 rings (SSSR count). The number of aromatic amines is 1. The van der Waals surface area contributed by atoms with E-state index in [2.05, 4.69) is 10.3 Å². The van der Waals surface area contributed by atoms with E-state index in [4.69, 9.17) is 23.9 Å². The molecule has 0 radical (unpaired) electrons. The van der Waals surface area contributed by atoms with Crippen LogP contribution in [0.5, 0.6) is 23.0 Å². The number of aliphatic hydroxyl groups is 1. The van der Waals surface area contributed by atoms with Crippen LogP contribution in [0.4, 0.5) is 0 Å². The van der Waals surface area contributed by atoms with Gasteiger partial charge in [-0.15, -0.1) is 0 Å². The first-order valence-corrected chi connectivity index (χ1v) is 14.9. The Hall–Kier alpha value is -5.54. The number of carbonyl (C=O) groups is 1. The zero-order chi connectivity index (χ0) is 32.0. The van der Waals surface area contributed by atoms with Gasteiger partial charge in [-0.1, -0.05) is 48.5 Å². The van der Waals surface area contributed by atoms with Crippen LogP contribution >= 0.6 is 0 Å². The molecule has 0 unspecified atom stereocenters. The van der Waals surface area contributed by atoms with Crippen molar-refractivity contribution in [2.75, 3.05) is 27.9 Å². The zero-order valence-electron chi connectivity index (χ0n) is 25.9. The van der Waals surface area contributed by atoms with E-state index in [0.717, 1.165) is 27.8 Å². The standard InChI is InChI=1S/C37H35N3O6/c1-43-34-16-24(17-35(44-2)36(34)45-3)33-19-30(28-11-7-8-12-32(28)40-33)37(42)39-26(21-41)15-25-20-38-31-14-13-27(18-29(25)31)46-22-23-9-5-4-6-10-23/h4-14,16-20,26,38,41H,15,21-22H2,1-3H3,(H,39,42)/t26-/m0/s1. The molecule has 9 heteroatoms. The number of para-hydroxylation sites is 1. The summed E-state index contributed by atoms with van der Waals surface area (Å²) >= 11 is 0. The number of aromatic nitrogens is 2. The van der Waals surface area contributed by atoms with Crippen molar-refractivity contribution in [3.8, 4) is 34.3 Å². The number of hydrogen-bond acceptors (Lipinski definition) is 7. The summed E-state index contributed by atoms with van der Waals surface area (Å²) in [5, 5.41) is 15.1. The van der Waals surface area contributed by atoms with E-state index in [0.29, 0.717) is 58.0 Å². The summed E-state index contributed by atoms with van der Waals surface area (Å²) in [7, 11) is 4.65. The van der Waals surface area contributed by atoms with Crippen molar-refractivity contribution < 1.29 is 28.8 Å². The summed E-state index contributed by atoms with van der Waals surface area (Å²) in [5.74, 6) is 1.84. The maximum Gasteiger partial charge on any atom is 0.252 e. The molecular weight excluding hydrogens is 582 g/mol. The molecular formula is C37H35N3O6. The Bertz CT molecular complexity index is 1960. The summed E-state index contributed by atoms with van der Waals surface area (Å²) in [6.07, 6.45) is 2.32. The Balaban J connectivity index is 1.27. The molecule has 0 aliphatic heterocycles. The normalized spacial score (nSPS) is 11.7. The quantitative estimate of drug-likeness (QED) is 0.147. The van der Waals surface area contributed by atoms with Gasteiger partial charge in [0.05, 0.1) is 50.8 Å². The summed E-state index contributed by atoms with van der Waals surface area (Å²) < 4.78 is 22.6. The van der Waals surface area contributed by atoms with Crippen LogP contribution in [0.1, 0.15) is 21.5 Å². The molecule has 0 aliphatic rings. The number of fused-ring (bicyclic) bond motifs is 2. The molecule has 46 heavy (non-hydrogen) atoms. The largest absolute Gasteiger partial charge is 0.493 e. The van der Waals surface area contributed by atoms with E-state index in [-0.39, 0.29) is 12.5 Å². The lowest BCUT2D eigenvalue weighted by atomic mass is 10.0. The molecule has 234 valence electrons. The van der Waals surface area contributed by atoms with Crippen LogP contribution in [0, 0.1) is 0 Å². The molecule has 1 amide bonds. The van der Waals surface area contributed by atoms with E-state index in [1.165, 1.54) is 0 Å². The summed E-state index contributed by atoms with van der Waals surface area (Å²) in [6.45, 7) is 0.213. The lowest BCUT2D eigenvalue weighted by Crippen LogP contribution is -2.39. The first-order chi connectivity index (χ1) is 22.5. The van der Waals surface area contributed by atoms with Gasteiger partial charge in [-0.2, -0.15) is 0 Å². The molecule has 3 N–H and O–H groups in total. The lowest BCUT2D eigenvalue weighted by Gasteiger charge is -2.18. The highest BCUT2D eigenvalue weighted by Crippen LogP contribution is 2.41. The fourth-order valence-corrected chi connectivity index (χ4v) is 5.59. The molecule has 0 fully saturated rings. The summed E-state index contributed by atoms with van der Waals surface area (Å²) in [5.41, 5.74) is 5.32. The average Bonchev–Trinajstić information content (AvgIpc) is 3.51. The molecule has 2 aromatic heterocycles. The minimum Gasteiger partial charge on any atom is -0.493 e. The number of aliphatic hydroxyl groups excluding tert-OH is 1. The highest BCUT2D eigenvalue weighted by atomic mass is 16.5. The second kappa shape index (κ2) is 13.6. The first-order valence-electron chi connectivity index (χ1n) is 14.9. The van der Waals surface area contributed by atoms with Gasteiger partial charge in [0.2, 0.25) is 5.75 Å². The second-order valence-corrected chi connectivity index (χ2v) is 10.8. The number of nitrogens with one attached hydrogen (secondary N) is 2. The number of nitrogens with zero attached hydrogens (tertiary/aromatic N) is 1. The average molecular weight is 618 g/mol. The Morgan fingerprint density at radius 3 is 2.33 bits per heavy atom. The fraction of sp³-hybridized carbons (Fsp3) is 0.189. The van der Waals surface area contributed by atoms with Gasteiger partial charge in [0, 0.05) is 28.0 Å². The van der Waals surface area contributed by atoms with Crippen LogP contribution in [0.2, 0.25) is 0 Å². The highest BCUT2D eigenvalue weighted by Gasteiger charge is 2.21. The van der Waals surface area contributed by atoms with Crippen molar-refractivity contribution in [3.63, 3.8) is 0 Å². The minimum atomic E-state index is -0.544. The number of H-pyrrole nitrogens is 1. The highest BCUT2D eigenvalue weighted by molar-refractivity contribution is 6.07. The maximum atomic E-state index is 13.9. The molecule has 0 aliphatic carbocycles. The van der Waals surface area contributed by atoms with Crippen LogP contribution in [0.15, 0.2) is 97.2 Å². The molecule has 0 spiro atoms. The molecule has 9 nitrogen and oxygen atoms in total. The smallest absolute Gasteiger partial charge is 0.252 e. The summed E-state index contributed by atoms with van der Waals surface area (Å²) in [4.78, 5) is 22.0. The molecule has 0 saturated heterocycles. The van der Waals surface area contributed by atoms with E-state index >= 15 is 0 Å². The number of amides is 1. The van der Waals surface area contributed by atoms with Crippen molar-refractivity contribution in [2.24, 2.45) is 0 Å². The van der Waals surface area contributed by atoms with Gasteiger partial charge in [-0.3, -0.25) is 4.79 Å². The Morgan fingerprint density at radius 1 is 0.870 bits per heavy atom. The van der Waals surface area contributed by atoms with Crippen LogP contribution in [0.25, 0.3) is 33.1 Å². The zero-order valence-corrected chi connectivity index (χ0v) is 25.9. The van der Waals surface area contributed by atoms with E-state index in [1.54, 1.807) is 39.5 Å². The van der Waals surface area contributed by atoms with Gasteiger partial charge in [-0.05, 0) is 60.0 Å². The van der Waals surface area contributed by atoms with E-state index < -0.39 is 6.04 Å².